The van der Waals surface area contributed by atoms with E-state index in [1.54, 1.807) is 6.92 Å². The van der Waals surface area contributed by atoms with Crippen molar-refractivity contribution in [2.45, 2.75) is 37.6 Å². The Morgan fingerprint density at radius 3 is 2.19 bits per heavy atom. The second kappa shape index (κ2) is 18.7. The van der Waals surface area contributed by atoms with Gasteiger partial charge in [-0.15, -0.1) is 6.58 Å². The minimum atomic E-state index is -0.530. The van der Waals surface area contributed by atoms with Crippen LogP contribution in [-0.4, -0.2) is 96.7 Å². The predicted octanol–water partition coefficient (Wildman–Crippen LogP) is 4.58. The Labute approximate surface area is 290 Å². The molecule has 3 aromatic rings. The number of amides is 1. The molecule has 256 valence electrons. The second-order valence-electron chi connectivity index (χ2n) is 12.8. The molecule has 1 heterocycles. The van der Waals surface area contributed by atoms with E-state index in [0.29, 0.717) is 59.2 Å². The number of hydrogen-bond acceptors (Lipinski definition) is 9. The van der Waals surface area contributed by atoms with E-state index in [-0.39, 0.29) is 11.7 Å². The van der Waals surface area contributed by atoms with Gasteiger partial charge in [0.25, 0.3) is 0 Å². The summed E-state index contributed by atoms with van der Waals surface area (Å²) in [6, 6.07) is 22.0. The van der Waals surface area contributed by atoms with Gasteiger partial charge in [-0.3, -0.25) is 34.3 Å². The van der Waals surface area contributed by atoms with Crippen LogP contribution in [0.4, 0.5) is 0 Å². The number of nitrogens with one attached hydrogen (secondary N) is 2. The molecule has 1 amide bonds. The molecule has 0 aliphatic carbocycles. The van der Waals surface area contributed by atoms with Gasteiger partial charge in [-0.2, -0.15) is 0 Å². The summed E-state index contributed by atoms with van der Waals surface area (Å²) in [7, 11) is 0. The molecule has 1 aliphatic rings. The topological polar surface area (TPSA) is 97.2 Å². The van der Waals surface area contributed by atoms with Crippen molar-refractivity contribution in [3.05, 3.63) is 115 Å². The number of rotatable bonds is 17. The minimum Gasteiger partial charge on any atom is -0.376 e. The fourth-order valence-electron chi connectivity index (χ4n) is 6.25. The zero-order valence-electron chi connectivity index (χ0n) is 28.5. The van der Waals surface area contributed by atoms with Crippen LogP contribution in [0.15, 0.2) is 109 Å². The van der Waals surface area contributed by atoms with Crippen molar-refractivity contribution in [3.8, 4) is 0 Å². The van der Waals surface area contributed by atoms with E-state index in [4.69, 9.17) is 5.14 Å². The lowest BCUT2D eigenvalue weighted by molar-refractivity contribution is -0.123. The Hall–Kier alpha value is -3.77. The number of fused-ring (bicyclic) bond motifs is 1. The van der Waals surface area contributed by atoms with Gasteiger partial charge in [0.15, 0.2) is 0 Å². The maximum absolute atomic E-state index is 13.8. The first-order chi connectivity index (χ1) is 23.1. The molecule has 0 unspecified atom stereocenters. The number of carbonyl (C=O) groups excluding carboxylic acids is 2. The number of carbonyl (C=O) groups is 2. The van der Waals surface area contributed by atoms with Gasteiger partial charge in [0.2, 0.25) is 5.91 Å². The molecule has 1 atom stereocenters. The molecule has 1 fully saturated rings. The van der Waals surface area contributed by atoms with Gasteiger partial charge in [-0.25, -0.2) is 0 Å². The lowest BCUT2D eigenvalue weighted by atomic mass is 9.98. The Morgan fingerprint density at radius 1 is 0.875 bits per heavy atom. The molecule has 0 radical (unpaired) electrons. The molecule has 1 aliphatic heterocycles. The van der Waals surface area contributed by atoms with E-state index in [0.717, 1.165) is 51.2 Å². The average Bonchev–Trinajstić information content (AvgIpc) is 3.03. The van der Waals surface area contributed by atoms with E-state index >= 15 is 0 Å². The largest absolute Gasteiger partial charge is 0.376 e. The number of benzene rings is 3. The van der Waals surface area contributed by atoms with Crippen molar-refractivity contribution in [1.29, 1.82) is 0 Å². The maximum atomic E-state index is 13.8. The van der Waals surface area contributed by atoms with Crippen molar-refractivity contribution < 1.29 is 9.59 Å². The lowest BCUT2D eigenvalue weighted by Crippen LogP contribution is -2.56. The monoisotopic (exact) mass is 669 g/mol. The van der Waals surface area contributed by atoms with Gasteiger partial charge in [-0.1, -0.05) is 79.4 Å². The third-order valence-electron chi connectivity index (χ3n) is 8.11. The molecule has 9 nitrogen and oxygen atoms in total. The van der Waals surface area contributed by atoms with E-state index in [2.05, 4.69) is 74.2 Å². The van der Waals surface area contributed by atoms with Gasteiger partial charge in [0.05, 0.1) is 33.2 Å². The van der Waals surface area contributed by atoms with Crippen molar-refractivity contribution >= 4 is 34.4 Å². The first kappa shape index (κ1) is 37.1. The lowest BCUT2D eigenvalue weighted by Gasteiger charge is -2.42. The van der Waals surface area contributed by atoms with Crippen LogP contribution >= 0.6 is 11.9 Å². The van der Waals surface area contributed by atoms with Gasteiger partial charge >= 0.3 is 0 Å². The smallest absolute Gasteiger partial charge is 0.242 e. The van der Waals surface area contributed by atoms with Crippen LogP contribution in [0.1, 0.15) is 25.0 Å². The molecular weight excluding hydrogens is 619 g/mol. The van der Waals surface area contributed by atoms with Gasteiger partial charge in [0, 0.05) is 43.2 Å². The standard InChI is InChI=1S/C38H51N7O2S/c1-6-20-42-25-43(22-29(2)3)27-45(24-31(5)46)28-44(26-42)23-30(4)41-37(21-34-12-9-11-33-10-7-8-13-36(33)34)38(47)40-19-18-32-14-16-35(48-39)17-15-32/h6-17,37,41H,1-2,4,18-28,39H2,3,5H3,(H,40,47)/t37-/m0/s1. The fourth-order valence-corrected chi connectivity index (χ4v) is 6.55. The van der Waals surface area contributed by atoms with Crippen LogP contribution in [-0.2, 0) is 22.4 Å². The maximum Gasteiger partial charge on any atom is 0.242 e. The number of nitrogens with zero attached hydrogens (tertiary/aromatic N) is 4. The molecule has 0 saturated carbocycles. The Morgan fingerprint density at radius 2 is 1.52 bits per heavy atom. The van der Waals surface area contributed by atoms with Crippen LogP contribution < -0.4 is 15.8 Å². The van der Waals surface area contributed by atoms with Gasteiger partial charge in [-0.05, 0) is 66.2 Å². The first-order valence-electron chi connectivity index (χ1n) is 16.4. The van der Waals surface area contributed by atoms with E-state index in [9.17, 15) is 9.59 Å². The summed E-state index contributed by atoms with van der Waals surface area (Å²) in [4.78, 5) is 36.1. The van der Waals surface area contributed by atoms with Crippen LogP contribution in [0.2, 0.25) is 0 Å². The normalized spacial score (nSPS) is 15.7. The fraction of sp³-hybridized carbons (Fsp3) is 0.368. The summed E-state index contributed by atoms with van der Waals surface area (Å²) in [5.41, 5.74) is 4.04. The van der Waals surface area contributed by atoms with Crippen LogP contribution in [0.25, 0.3) is 10.8 Å². The molecule has 4 rings (SSSR count). The van der Waals surface area contributed by atoms with Crippen molar-refractivity contribution in [2.75, 3.05) is 59.4 Å². The Bertz CT molecular complexity index is 1550. The quantitative estimate of drug-likeness (QED) is 0.141. The summed E-state index contributed by atoms with van der Waals surface area (Å²) >= 11 is 1.22. The summed E-state index contributed by atoms with van der Waals surface area (Å²) in [6.45, 7) is 21.5. The van der Waals surface area contributed by atoms with Crippen LogP contribution in [0, 0.1) is 0 Å². The van der Waals surface area contributed by atoms with E-state index in [1.807, 2.05) is 55.5 Å². The highest BCUT2D eigenvalue weighted by atomic mass is 32.2. The van der Waals surface area contributed by atoms with Crippen molar-refractivity contribution in [2.24, 2.45) is 5.14 Å². The molecule has 4 N–H and O–H groups in total. The Kier molecular flexibility index (Phi) is 14.4. The second-order valence-corrected chi connectivity index (χ2v) is 13.5. The zero-order valence-corrected chi connectivity index (χ0v) is 29.3. The molecule has 48 heavy (non-hydrogen) atoms. The molecule has 0 spiro atoms. The van der Waals surface area contributed by atoms with Crippen molar-refractivity contribution in [3.63, 3.8) is 0 Å². The Balaban J connectivity index is 1.49. The minimum absolute atomic E-state index is 0.0761. The molecule has 3 aromatic carbocycles. The van der Waals surface area contributed by atoms with Gasteiger partial charge in [0.1, 0.15) is 11.8 Å². The first-order valence-corrected chi connectivity index (χ1v) is 17.3. The average molecular weight is 670 g/mol. The van der Waals surface area contributed by atoms with Crippen LogP contribution in [0.3, 0.4) is 0 Å². The molecule has 1 saturated heterocycles. The molecular formula is C38H51N7O2S. The third kappa shape index (κ3) is 11.7. The summed E-state index contributed by atoms with van der Waals surface area (Å²) in [5.74, 6) is 0.0412. The highest BCUT2D eigenvalue weighted by molar-refractivity contribution is 7.97. The summed E-state index contributed by atoms with van der Waals surface area (Å²) in [5, 5.41) is 14.6. The van der Waals surface area contributed by atoms with Crippen LogP contribution in [0.5, 0.6) is 0 Å². The SMILES string of the molecule is C=CCN1CN(CC(=C)C)CN(CC(C)=O)CN(CC(=C)N[C@@H](Cc2cccc3ccccc23)C(=O)NCCc2ccc(SN)cc2)C1. The van der Waals surface area contributed by atoms with Crippen molar-refractivity contribution in [1.82, 2.24) is 30.2 Å². The molecule has 0 aromatic heterocycles. The number of nitrogens with two attached hydrogens (primary N) is 1. The molecule has 10 heteroatoms. The third-order valence-corrected chi connectivity index (χ3v) is 8.66. The number of ketones is 1. The molecule has 0 bridgehead atoms. The number of hydrogen-bond donors (Lipinski definition) is 3. The summed E-state index contributed by atoms with van der Waals surface area (Å²) in [6.07, 6.45) is 3.13. The number of Topliss-reactive ketones (excluding diaryl/α,β-unsaturated/α-hetero) is 1. The highest BCUT2D eigenvalue weighted by Crippen LogP contribution is 2.21. The van der Waals surface area contributed by atoms with E-state index < -0.39 is 6.04 Å². The summed E-state index contributed by atoms with van der Waals surface area (Å²) < 4.78 is 0. The van der Waals surface area contributed by atoms with Gasteiger partial charge < -0.3 is 10.6 Å². The predicted molar refractivity (Wildman–Crippen MR) is 199 cm³/mol. The van der Waals surface area contributed by atoms with E-state index in [1.165, 1.54) is 11.9 Å². The highest BCUT2D eigenvalue weighted by Gasteiger charge is 2.26. The zero-order chi connectivity index (χ0) is 34.5.